The van der Waals surface area contributed by atoms with Crippen molar-refractivity contribution in [3.05, 3.63) is 35.9 Å². The Balaban J connectivity index is 1.81. The molecule has 4 atom stereocenters. The van der Waals surface area contributed by atoms with Crippen LogP contribution in [-0.4, -0.2) is 5.60 Å². The highest BCUT2D eigenvalue weighted by atomic mass is 16.5. The molecule has 0 radical (unpaired) electrons. The Bertz CT molecular complexity index is 440. The largest absolute Gasteiger partial charge is 0.364 e. The molecule has 2 bridgehead atoms. The lowest BCUT2D eigenvalue weighted by atomic mass is 9.82. The molecule has 3 fully saturated rings. The second-order valence-corrected chi connectivity index (χ2v) is 6.21. The van der Waals surface area contributed by atoms with Crippen molar-refractivity contribution in [3.8, 4) is 0 Å². The second kappa shape index (κ2) is 3.14. The molecule has 1 saturated heterocycles. The predicted octanol–water partition coefficient (Wildman–Crippen LogP) is 3.88. The standard InChI is InChI=1S/C16H20O/c1-2-15-10-12-8-9-16(17-15,14(12)11-15)13-6-4-3-5-7-13/h3-7,12,14H,2,8-11H2,1H3. The van der Waals surface area contributed by atoms with Crippen molar-refractivity contribution < 1.29 is 4.74 Å². The minimum absolute atomic E-state index is 0.0835. The van der Waals surface area contributed by atoms with Gasteiger partial charge in [-0.3, -0.25) is 0 Å². The van der Waals surface area contributed by atoms with Gasteiger partial charge < -0.3 is 4.74 Å². The molecule has 1 aromatic carbocycles. The maximum absolute atomic E-state index is 6.66. The molecule has 17 heavy (non-hydrogen) atoms. The van der Waals surface area contributed by atoms with Crippen LogP contribution in [0.15, 0.2) is 30.3 Å². The van der Waals surface area contributed by atoms with E-state index >= 15 is 0 Å². The van der Waals surface area contributed by atoms with E-state index in [9.17, 15) is 0 Å². The van der Waals surface area contributed by atoms with Crippen LogP contribution in [0.1, 0.15) is 44.6 Å². The summed E-state index contributed by atoms with van der Waals surface area (Å²) in [6.07, 6.45) is 6.44. The number of rotatable bonds is 2. The highest BCUT2D eigenvalue weighted by Gasteiger charge is 2.66. The molecule has 90 valence electrons. The van der Waals surface area contributed by atoms with E-state index in [1.54, 1.807) is 0 Å². The number of hydrogen-bond acceptors (Lipinski definition) is 1. The molecule has 4 rings (SSSR count). The van der Waals surface area contributed by atoms with Gasteiger partial charge in [0.1, 0.15) is 0 Å². The maximum Gasteiger partial charge on any atom is 0.0970 e. The third kappa shape index (κ3) is 1.14. The minimum atomic E-state index is 0.0835. The van der Waals surface area contributed by atoms with Gasteiger partial charge in [0.25, 0.3) is 0 Å². The van der Waals surface area contributed by atoms with Gasteiger partial charge >= 0.3 is 0 Å². The summed E-state index contributed by atoms with van der Waals surface area (Å²) in [7, 11) is 0. The molecule has 0 aromatic heterocycles. The van der Waals surface area contributed by atoms with Crippen LogP contribution in [0, 0.1) is 11.8 Å². The molecule has 1 aromatic rings. The van der Waals surface area contributed by atoms with Crippen molar-refractivity contribution in [3.63, 3.8) is 0 Å². The highest BCUT2D eigenvalue weighted by Crippen LogP contribution is 2.68. The zero-order chi connectivity index (χ0) is 11.5. The summed E-state index contributed by atoms with van der Waals surface area (Å²) in [5.74, 6) is 1.73. The Morgan fingerprint density at radius 1 is 1.24 bits per heavy atom. The van der Waals surface area contributed by atoms with Crippen LogP contribution in [0.5, 0.6) is 0 Å². The first-order chi connectivity index (χ1) is 8.28. The Morgan fingerprint density at radius 2 is 2.06 bits per heavy atom. The van der Waals surface area contributed by atoms with Crippen LogP contribution in [0.25, 0.3) is 0 Å². The smallest absolute Gasteiger partial charge is 0.0970 e. The van der Waals surface area contributed by atoms with Gasteiger partial charge in [-0.15, -0.1) is 0 Å². The zero-order valence-electron chi connectivity index (χ0n) is 10.5. The lowest BCUT2D eigenvalue weighted by Gasteiger charge is -2.38. The predicted molar refractivity (Wildman–Crippen MR) is 67.7 cm³/mol. The Labute approximate surface area is 103 Å². The topological polar surface area (TPSA) is 9.23 Å². The van der Waals surface area contributed by atoms with Crippen LogP contribution in [0.3, 0.4) is 0 Å². The van der Waals surface area contributed by atoms with Gasteiger partial charge in [0, 0.05) is 0 Å². The molecule has 0 amide bonds. The molecule has 0 N–H and O–H groups in total. The Morgan fingerprint density at radius 3 is 2.76 bits per heavy atom. The van der Waals surface area contributed by atoms with Crippen LogP contribution < -0.4 is 0 Å². The van der Waals surface area contributed by atoms with Gasteiger partial charge in [-0.25, -0.2) is 0 Å². The van der Waals surface area contributed by atoms with E-state index in [-0.39, 0.29) is 11.2 Å². The van der Waals surface area contributed by atoms with E-state index < -0.39 is 0 Å². The van der Waals surface area contributed by atoms with Crippen molar-refractivity contribution >= 4 is 0 Å². The molecule has 1 heteroatoms. The van der Waals surface area contributed by atoms with Crippen molar-refractivity contribution in [1.29, 1.82) is 0 Å². The molecular formula is C16H20O. The number of fused-ring (bicyclic) bond motifs is 1. The molecule has 0 spiro atoms. The fraction of sp³-hybridized carbons (Fsp3) is 0.625. The zero-order valence-corrected chi connectivity index (χ0v) is 10.5. The summed E-state index contributed by atoms with van der Waals surface area (Å²) < 4.78 is 6.66. The maximum atomic E-state index is 6.66. The summed E-state index contributed by atoms with van der Waals surface area (Å²) in [4.78, 5) is 0. The number of ether oxygens (including phenoxy) is 1. The van der Waals surface area contributed by atoms with Crippen LogP contribution in [0.2, 0.25) is 0 Å². The molecule has 2 saturated carbocycles. The first-order valence-electron chi connectivity index (χ1n) is 7.04. The van der Waals surface area contributed by atoms with Crippen molar-refractivity contribution in [2.75, 3.05) is 0 Å². The van der Waals surface area contributed by atoms with Gasteiger partial charge in [0.05, 0.1) is 11.2 Å². The van der Waals surface area contributed by atoms with Gasteiger partial charge in [-0.1, -0.05) is 37.3 Å². The molecule has 2 aliphatic carbocycles. The quantitative estimate of drug-likeness (QED) is 0.746. The van der Waals surface area contributed by atoms with Crippen LogP contribution >= 0.6 is 0 Å². The molecular weight excluding hydrogens is 208 g/mol. The SMILES string of the molecule is CCC12CC3CCC(c4ccccc4)(O1)C3C2. The summed E-state index contributed by atoms with van der Waals surface area (Å²) in [6, 6.07) is 11.0. The summed E-state index contributed by atoms with van der Waals surface area (Å²) in [5, 5.41) is 0. The van der Waals surface area contributed by atoms with E-state index in [1.165, 1.54) is 37.7 Å². The molecule has 1 heterocycles. The van der Waals surface area contributed by atoms with E-state index in [2.05, 4.69) is 37.3 Å². The van der Waals surface area contributed by atoms with E-state index in [4.69, 9.17) is 4.74 Å². The van der Waals surface area contributed by atoms with E-state index in [1.807, 2.05) is 0 Å². The molecule has 4 unspecified atom stereocenters. The third-order valence-electron chi connectivity index (χ3n) is 5.59. The lowest BCUT2D eigenvalue weighted by Crippen LogP contribution is -2.37. The fourth-order valence-electron chi connectivity index (χ4n) is 4.80. The summed E-state index contributed by atoms with van der Waals surface area (Å²) in [5.41, 5.74) is 1.74. The fourth-order valence-corrected chi connectivity index (χ4v) is 4.80. The number of benzene rings is 1. The first-order valence-corrected chi connectivity index (χ1v) is 7.04. The minimum Gasteiger partial charge on any atom is -0.364 e. The van der Waals surface area contributed by atoms with Crippen molar-refractivity contribution in [1.82, 2.24) is 0 Å². The Kier molecular flexibility index (Phi) is 1.87. The highest BCUT2D eigenvalue weighted by molar-refractivity contribution is 5.30. The second-order valence-electron chi connectivity index (χ2n) is 6.21. The molecule has 1 aliphatic heterocycles. The summed E-state index contributed by atoms with van der Waals surface area (Å²) >= 11 is 0. The van der Waals surface area contributed by atoms with Crippen LogP contribution in [0.4, 0.5) is 0 Å². The third-order valence-corrected chi connectivity index (χ3v) is 5.59. The monoisotopic (exact) mass is 228 g/mol. The molecule has 3 aliphatic rings. The van der Waals surface area contributed by atoms with Gasteiger partial charge in [-0.05, 0) is 49.5 Å². The molecule has 1 nitrogen and oxygen atoms in total. The average Bonchev–Trinajstić information content (AvgIpc) is 2.95. The van der Waals surface area contributed by atoms with E-state index in [0.717, 1.165) is 11.8 Å². The normalized spacial score (nSPS) is 46.6. The van der Waals surface area contributed by atoms with Crippen LogP contribution in [-0.2, 0) is 10.3 Å². The van der Waals surface area contributed by atoms with Crippen molar-refractivity contribution in [2.45, 2.75) is 50.2 Å². The lowest BCUT2D eigenvalue weighted by molar-refractivity contribution is -0.138. The Hall–Kier alpha value is -0.820. The van der Waals surface area contributed by atoms with Crippen molar-refractivity contribution in [2.24, 2.45) is 11.8 Å². The van der Waals surface area contributed by atoms with E-state index in [0.29, 0.717) is 0 Å². The summed E-state index contributed by atoms with van der Waals surface area (Å²) in [6.45, 7) is 2.30. The number of hydrogen-bond donors (Lipinski definition) is 0. The van der Waals surface area contributed by atoms with Gasteiger partial charge in [0.15, 0.2) is 0 Å². The average molecular weight is 228 g/mol. The first kappa shape index (κ1) is 10.1. The van der Waals surface area contributed by atoms with Gasteiger partial charge in [0.2, 0.25) is 0 Å². The van der Waals surface area contributed by atoms with Gasteiger partial charge in [-0.2, -0.15) is 0 Å².